The first kappa shape index (κ1) is 14.2. The number of benzene rings is 2. The molecule has 0 saturated carbocycles. The van der Waals surface area contributed by atoms with Crippen molar-refractivity contribution in [2.45, 2.75) is 38.8 Å². The van der Waals surface area contributed by atoms with E-state index in [1.807, 2.05) is 0 Å². The molecule has 2 heteroatoms. The zero-order valence-corrected chi connectivity index (χ0v) is 12.8. The number of hydrogen-bond acceptors (Lipinski definition) is 2. The van der Waals surface area contributed by atoms with E-state index < -0.39 is 0 Å². The molecule has 0 aromatic heterocycles. The third-order valence-electron chi connectivity index (χ3n) is 4.25. The number of rotatable bonds is 4. The van der Waals surface area contributed by atoms with E-state index >= 15 is 0 Å². The van der Waals surface area contributed by atoms with E-state index in [1.165, 1.54) is 16.7 Å². The Labute approximate surface area is 127 Å². The van der Waals surface area contributed by atoms with E-state index in [4.69, 9.17) is 4.74 Å². The van der Waals surface area contributed by atoms with Crippen LogP contribution in [0.2, 0.25) is 0 Å². The predicted octanol–water partition coefficient (Wildman–Crippen LogP) is 4.42. The van der Waals surface area contributed by atoms with E-state index in [1.54, 1.807) is 0 Å². The second-order valence-electron chi connectivity index (χ2n) is 5.77. The molecule has 0 fully saturated rings. The minimum atomic E-state index is 0.390. The van der Waals surface area contributed by atoms with Crippen molar-refractivity contribution >= 4 is 0 Å². The summed E-state index contributed by atoms with van der Waals surface area (Å²) in [6.45, 7) is 6.12. The topological polar surface area (TPSA) is 21.3 Å². The number of hydrogen-bond donors (Lipinski definition) is 1. The van der Waals surface area contributed by atoms with E-state index in [2.05, 4.69) is 67.7 Å². The normalized spacial score (nSPS) is 20.9. The highest BCUT2D eigenvalue weighted by Crippen LogP contribution is 2.37. The van der Waals surface area contributed by atoms with Crippen molar-refractivity contribution in [2.24, 2.45) is 0 Å². The van der Waals surface area contributed by atoms with Gasteiger partial charge in [-0.05, 0) is 35.2 Å². The molecule has 2 aromatic rings. The molecular formula is C19H23NO. The lowest BCUT2D eigenvalue weighted by atomic mass is 9.83. The zero-order valence-electron chi connectivity index (χ0n) is 12.8. The summed E-state index contributed by atoms with van der Waals surface area (Å²) < 4.78 is 5.74. The second kappa shape index (κ2) is 6.31. The summed E-state index contributed by atoms with van der Waals surface area (Å²) in [6, 6.07) is 17.6. The summed E-state index contributed by atoms with van der Waals surface area (Å²) >= 11 is 0. The van der Waals surface area contributed by atoms with Gasteiger partial charge in [-0.3, -0.25) is 0 Å². The van der Waals surface area contributed by atoms with Crippen LogP contribution in [0.1, 0.15) is 48.9 Å². The molecular weight excluding hydrogens is 258 g/mol. The van der Waals surface area contributed by atoms with Gasteiger partial charge in [0.05, 0.1) is 6.61 Å². The molecule has 2 unspecified atom stereocenters. The number of fused-ring (bicyclic) bond motifs is 1. The van der Waals surface area contributed by atoms with Gasteiger partial charge >= 0.3 is 0 Å². The summed E-state index contributed by atoms with van der Waals surface area (Å²) in [5, 5.41) is 3.67. The maximum atomic E-state index is 5.74. The molecule has 1 heterocycles. The second-order valence-corrected chi connectivity index (χ2v) is 5.77. The van der Waals surface area contributed by atoms with Gasteiger partial charge in [-0.15, -0.1) is 0 Å². The van der Waals surface area contributed by atoms with Crippen molar-refractivity contribution in [3.05, 3.63) is 65.2 Å². The third kappa shape index (κ3) is 2.96. The van der Waals surface area contributed by atoms with Crippen LogP contribution in [0.4, 0.5) is 0 Å². The average molecular weight is 281 g/mol. The van der Waals surface area contributed by atoms with Crippen molar-refractivity contribution in [1.82, 2.24) is 5.32 Å². The van der Waals surface area contributed by atoms with Crippen LogP contribution < -0.4 is 10.1 Å². The van der Waals surface area contributed by atoms with Gasteiger partial charge in [0.1, 0.15) is 5.75 Å². The van der Waals surface area contributed by atoms with E-state index in [0.29, 0.717) is 12.0 Å². The molecule has 0 aliphatic carbocycles. The lowest BCUT2D eigenvalue weighted by Gasteiger charge is -2.33. The van der Waals surface area contributed by atoms with Gasteiger partial charge < -0.3 is 10.1 Å². The lowest BCUT2D eigenvalue weighted by molar-refractivity contribution is 0.316. The largest absolute Gasteiger partial charge is 0.494 e. The van der Waals surface area contributed by atoms with Crippen LogP contribution in [0.3, 0.4) is 0 Å². The molecule has 2 aromatic carbocycles. The summed E-state index contributed by atoms with van der Waals surface area (Å²) in [5.74, 6) is 1.46. The van der Waals surface area contributed by atoms with Gasteiger partial charge in [0.25, 0.3) is 0 Å². The molecule has 3 rings (SSSR count). The van der Waals surface area contributed by atoms with Crippen molar-refractivity contribution in [2.75, 3.05) is 6.61 Å². The van der Waals surface area contributed by atoms with Crippen LogP contribution in [-0.2, 0) is 6.54 Å². The molecule has 0 spiro atoms. The molecule has 0 amide bonds. The molecule has 2 nitrogen and oxygen atoms in total. The van der Waals surface area contributed by atoms with E-state index in [0.717, 1.165) is 25.3 Å². The first-order chi connectivity index (χ1) is 10.3. The smallest absolute Gasteiger partial charge is 0.119 e. The van der Waals surface area contributed by atoms with Crippen LogP contribution in [0.15, 0.2) is 48.5 Å². The Morgan fingerprint density at radius 2 is 1.95 bits per heavy atom. The average Bonchev–Trinajstić information content (AvgIpc) is 2.54. The molecule has 1 N–H and O–H groups in total. The first-order valence-corrected chi connectivity index (χ1v) is 7.83. The number of ether oxygens (including phenoxy) is 1. The quantitative estimate of drug-likeness (QED) is 0.895. The van der Waals surface area contributed by atoms with Gasteiger partial charge in [0.2, 0.25) is 0 Å². The maximum Gasteiger partial charge on any atom is 0.119 e. The van der Waals surface area contributed by atoms with Crippen LogP contribution in [-0.4, -0.2) is 6.61 Å². The first-order valence-electron chi connectivity index (χ1n) is 7.83. The Morgan fingerprint density at radius 3 is 2.71 bits per heavy atom. The van der Waals surface area contributed by atoms with Crippen LogP contribution >= 0.6 is 0 Å². The monoisotopic (exact) mass is 281 g/mol. The zero-order chi connectivity index (χ0) is 14.7. The molecule has 0 bridgehead atoms. The molecule has 0 radical (unpaired) electrons. The van der Waals surface area contributed by atoms with Crippen molar-refractivity contribution in [1.29, 1.82) is 0 Å². The molecule has 110 valence electrons. The minimum Gasteiger partial charge on any atom is -0.494 e. The Balaban J connectivity index is 1.83. The molecule has 1 aliphatic heterocycles. The standard InChI is InChI=1S/C19H23NO/c1-3-11-21-17-9-10-18-14(2)19(20-13-16(18)12-17)15-7-5-4-6-8-15/h4-10,12,14,19-20H,3,11,13H2,1-2H3. The Hall–Kier alpha value is -1.80. The Bertz CT molecular complexity index is 594. The predicted molar refractivity (Wildman–Crippen MR) is 86.7 cm³/mol. The van der Waals surface area contributed by atoms with Crippen LogP contribution in [0, 0.1) is 0 Å². The van der Waals surface area contributed by atoms with E-state index in [9.17, 15) is 0 Å². The van der Waals surface area contributed by atoms with Crippen molar-refractivity contribution in [3.63, 3.8) is 0 Å². The molecule has 1 aliphatic rings. The highest BCUT2D eigenvalue weighted by atomic mass is 16.5. The van der Waals surface area contributed by atoms with Gasteiger partial charge in [0, 0.05) is 18.5 Å². The van der Waals surface area contributed by atoms with Crippen molar-refractivity contribution < 1.29 is 4.74 Å². The highest BCUT2D eigenvalue weighted by molar-refractivity contribution is 5.41. The molecule has 2 atom stereocenters. The summed E-state index contributed by atoms with van der Waals surface area (Å²) in [5.41, 5.74) is 4.16. The van der Waals surface area contributed by atoms with Crippen LogP contribution in [0.5, 0.6) is 5.75 Å². The summed E-state index contributed by atoms with van der Waals surface area (Å²) in [4.78, 5) is 0. The lowest BCUT2D eigenvalue weighted by Crippen LogP contribution is -2.31. The van der Waals surface area contributed by atoms with Gasteiger partial charge in [0.15, 0.2) is 0 Å². The van der Waals surface area contributed by atoms with Gasteiger partial charge in [-0.1, -0.05) is 50.2 Å². The Kier molecular flexibility index (Phi) is 4.26. The maximum absolute atomic E-state index is 5.74. The number of nitrogens with one attached hydrogen (secondary N) is 1. The van der Waals surface area contributed by atoms with Crippen LogP contribution in [0.25, 0.3) is 0 Å². The summed E-state index contributed by atoms with van der Waals surface area (Å²) in [7, 11) is 0. The van der Waals surface area contributed by atoms with Gasteiger partial charge in [-0.25, -0.2) is 0 Å². The van der Waals surface area contributed by atoms with Crippen molar-refractivity contribution in [3.8, 4) is 5.75 Å². The van der Waals surface area contributed by atoms with E-state index in [-0.39, 0.29) is 0 Å². The fourth-order valence-corrected chi connectivity index (χ4v) is 3.13. The SMILES string of the molecule is CCCOc1ccc2c(c1)CNC(c1ccccc1)C2C. The Morgan fingerprint density at radius 1 is 1.14 bits per heavy atom. The molecule has 21 heavy (non-hydrogen) atoms. The van der Waals surface area contributed by atoms with Gasteiger partial charge in [-0.2, -0.15) is 0 Å². The fourth-order valence-electron chi connectivity index (χ4n) is 3.13. The highest BCUT2D eigenvalue weighted by Gasteiger charge is 2.26. The fraction of sp³-hybridized carbons (Fsp3) is 0.368. The minimum absolute atomic E-state index is 0.390. The third-order valence-corrected chi connectivity index (χ3v) is 4.25. The molecule has 0 saturated heterocycles. The summed E-state index contributed by atoms with van der Waals surface area (Å²) in [6.07, 6.45) is 1.04.